The Balaban J connectivity index is 1.83. The smallest absolute Gasteiger partial charge is 0.265 e. The van der Waals surface area contributed by atoms with E-state index in [0.29, 0.717) is 40.9 Å². The molecule has 0 aliphatic rings. The Morgan fingerprint density at radius 2 is 1.84 bits per heavy atom. The highest BCUT2D eigenvalue weighted by Crippen LogP contribution is 2.30. The number of nitrogens with one attached hydrogen (secondary N) is 1. The van der Waals surface area contributed by atoms with E-state index in [1.165, 1.54) is 6.07 Å². The van der Waals surface area contributed by atoms with Gasteiger partial charge in [0.2, 0.25) is 5.88 Å². The molecule has 0 saturated heterocycles. The first kappa shape index (κ1) is 23.0. The average molecular weight is 506 g/mol. The number of rotatable bonds is 9. The fourth-order valence-corrected chi connectivity index (χ4v) is 4.46. The van der Waals surface area contributed by atoms with Crippen LogP contribution in [0.4, 0.5) is 5.69 Å². The van der Waals surface area contributed by atoms with Gasteiger partial charge < -0.3 is 9.47 Å². The number of benzene rings is 2. The monoisotopic (exact) mass is 505 g/mol. The maximum atomic E-state index is 13.0. The molecule has 1 heterocycles. The van der Waals surface area contributed by atoms with Crippen molar-refractivity contribution in [3.8, 4) is 22.9 Å². The van der Waals surface area contributed by atoms with Gasteiger partial charge in [0.15, 0.2) is 0 Å². The van der Waals surface area contributed by atoms with Gasteiger partial charge in [-0.15, -0.1) is 10.2 Å². The van der Waals surface area contributed by atoms with E-state index in [2.05, 4.69) is 44.7 Å². The number of hydrogen-bond acceptors (Lipinski definition) is 6. The number of ether oxygens (including phenoxy) is 2. The topological polar surface area (TPSA) is 90.4 Å². The van der Waals surface area contributed by atoms with Crippen LogP contribution in [0.15, 0.2) is 64.0 Å². The lowest BCUT2D eigenvalue weighted by Crippen LogP contribution is -2.14. The third-order valence-corrected chi connectivity index (χ3v) is 6.01. The highest BCUT2D eigenvalue weighted by Gasteiger charge is 2.20. The van der Waals surface area contributed by atoms with Crippen LogP contribution in [0.25, 0.3) is 11.3 Å². The van der Waals surface area contributed by atoms with Crippen molar-refractivity contribution in [1.29, 1.82) is 0 Å². The van der Waals surface area contributed by atoms with Crippen LogP contribution in [0.5, 0.6) is 11.6 Å². The summed E-state index contributed by atoms with van der Waals surface area (Å²) in [6.45, 7) is 6.83. The molecule has 3 rings (SSSR count). The van der Waals surface area contributed by atoms with Crippen LogP contribution in [0.1, 0.15) is 20.8 Å². The summed E-state index contributed by atoms with van der Waals surface area (Å²) in [6, 6.07) is 15.4. The van der Waals surface area contributed by atoms with Gasteiger partial charge in [0.1, 0.15) is 10.6 Å². The van der Waals surface area contributed by atoms with Gasteiger partial charge in [-0.2, -0.15) is 0 Å². The molecule has 9 heteroatoms. The molecular formula is C22H24BrN3O4S. The van der Waals surface area contributed by atoms with Crippen LogP contribution in [-0.4, -0.2) is 31.8 Å². The molecular weight excluding hydrogens is 482 g/mol. The highest BCUT2D eigenvalue weighted by atomic mass is 79.9. The number of sulfonamides is 1. The van der Waals surface area contributed by atoms with Crippen molar-refractivity contribution < 1.29 is 17.9 Å². The number of anilines is 1. The predicted molar refractivity (Wildman–Crippen MR) is 124 cm³/mol. The SMILES string of the molecule is CCOc1ccc(Br)cc1S(=O)(=O)Nc1cccc(-c2ccc(OCC(C)C)nn2)c1. The summed E-state index contributed by atoms with van der Waals surface area (Å²) in [5, 5.41) is 8.28. The van der Waals surface area contributed by atoms with Crippen molar-refractivity contribution in [2.45, 2.75) is 25.7 Å². The molecule has 0 aliphatic heterocycles. The van der Waals surface area contributed by atoms with Crippen LogP contribution < -0.4 is 14.2 Å². The molecule has 0 saturated carbocycles. The molecule has 0 aliphatic carbocycles. The molecule has 2 aromatic carbocycles. The van der Waals surface area contributed by atoms with Gasteiger partial charge in [0.05, 0.1) is 18.9 Å². The maximum Gasteiger partial charge on any atom is 0.265 e. The molecule has 0 radical (unpaired) electrons. The van der Waals surface area contributed by atoms with Crippen molar-refractivity contribution in [2.24, 2.45) is 5.92 Å². The first-order chi connectivity index (χ1) is 14.8. The first-order valence-corrected chi connectivity index (χ1v) is 12.1. The number of nitrogens with zero attached hydrogens (tertiary/aromatic N) is 2. The second kappa shape index (κ2) is 10.1. The first-order valence-electron chi connectivity index (χ1n) is 9.80. The Morgan fingerprint density at radius 3 is 2.52 bits per heavy atom. The Kier molecular flexibility index (Phi) is 7.50. The summed E-state index contributed by atoms with van der Waals surface area (Å²) >= 11 is 3.32. The van der Waals surface area contributed by atoms with Crippen molar-refractivity contribution >= 4 is 31.6 Å². The van der Waals surface area contributed by atoms with Gasteiger partial charge in [-0.05, 0) is 49.2 Å². The van der Waals surface area contributed by atoms with Crippen molar-refractivity contribution in [2.75, 3.05) is 17.9 Å². The fraction of sp³-hybridized carbons (Fsp3) is 0.273. The molecule has 0 atom stereocenters. The van der Waals surface area contributed by atoms with E-state index in [1.54, 1.807) is 49.4 Å². The van der Waals surface area contributed by atoms with Gasteiger partial charge in [-0.25, -0.2) is 8.42 Å². The molecule has 3 aromatic rings. The summed E-state index contributed by atoms with van der Waals surface area (Å²) in [5.41, 5.74) is 1.74. The summed E-state index contributed by atoms with van der Waals surface area (Å²) in [4.78, 5) is 0.0561. The van der Waals surface area contributed by atoms with Crippen LogP contribution in [0.3, 0.4) is 0 Å². The molecule has 164 valence electrons. The third-order valence-electron chi connectivity index (χ3n) is 4.11. The highest BCUT2D eigenvalue weighted by molar-refractivity contribution is 9.10. The molecule has 31 heavy (non-hydrogen) atoms. The fourth-order valence-electron chi connectivity index (χ4n) is 2.72. The predicted octanol–water partition coefficient (Wildman–Crippen LogP) is 5.14. The zero-order valence-corrected chi connectivity index (χ0v) is 19.9. The molecule has 7 nitrogen and oxygen atoms in total. The lowest BCUT2D eigenvalue weighted by Gasteiger charge is -2.13. The number of aromatic nitrogens is 2. The molecule has 0 fully saturated rings. The Labute approximate surface area is 191 Å². The molecule has 1 aromatic heterocycles. The summed E-state index contributed by atoms with van der Waals surface area (Å²) in [7, 11) is -3.87. The van der Waals surface area contributed by atoms with E-state index in [-0.39, 0.29) is 10.6 Å². The quantitative estimate of drug-likeness (QED) is 0.432. The van der Waals surface area contributed by atoms with Crippen LogP contribution in [-0.2, 0) is 10.0 Å². The molecule has 0 unspecified atom stereocenters. The van der Waals surface area contributed by atoms with Crippen molar-refractivity contribution in [3.05, 3.63) is 59.1 Å². The third kappa shape index (κ3) is 6.18. The average Bonchev–Trinajstić information content (AvgIpc) is 2.74. The van der Waals surface area contributed by atoms with Gasteiger partial charge in [0, 0.05) is 21.8 Å². The van der Waals surface area contributed by atoms with E-state index in [4.69, 9.17) is 9.47 Å². The lowest BCUT2D eigenvalue weighted by molar-refractivity contribution is 0.258. The molecule has 0 amide bonds. The number of halogens is 1. The van der Waals surface area contributed by atoms with Gasteiger partial charge in [-0.3, -0.25) is 4.72 Å². The standard InChI is InChI=1S/C22H24BrN3O4S/c1-4-29-20-10-8-17(23)13-21(20)31(27,28)26-18-7-5-6-16(12-18)19-9-11-22(25-24-19)30-14-15(2)3/h5-13,15,26H,4,14H2,1-3H3. The second-order valence-corrected chi connectivity index (χ2v) is 9.74. The van der Waals surface area contributed by atoms with Crippen LogP contribution >= 0.6 is 15.9 Å². The van der Waals surface area contributed by atoms with E-state index in [1.807, 2.05) is 6.07 Å². The van der Waals surface area contributed by atoms with Gasteiger partial charge in [0.25, 0.3) is 10.0 Å². The Hall–Kier alpha value is -2.65. The molecule has 0 spiro atoms. The Bertz CT molecular complexity index is 1140. The summed E-state index contributed by atoms with van der Waals surface area (Å²) in [5.74, 6) is 1.13. The summed E-state index contributed by atoms with van der Waals surface area (Å²) < 4.78 is 40.3. The molecule has 1 N–H and O–H groups in total. The Morgan fingerprint density at radius 1 is 1.03 bits per heavy atom. The lowest BCUT2D eigenvalue weighted by atomic mass is 10.1. The second-order valence-electron chi connectivity index (χ2n) is 7.17. The zero-order chi connectivity index (χ0) is 22.4. The van der Waals surface area contributed by atoms with E-state index >= 15 is 0 Å². The largest absolute Gasteiger partial charge is 0.492 e. The maximum absolute atomic E-state index is 13.0. The van der Waals surface area contributed by atoms with E-state index in [0.717, 1.165) is 5.56 Å². The minimum atomic E-state index is -3.87. The minimum absolute atomic E-state index is 0.0561. The van der Waals surface area contributed by atoms with Crippen LogP contribution in [0, 0.1) is 5.92 Å². The van der Waals surface area contributed by atoms with Crippen LogP contribution in [0.2, 0.25) is 0 Å². The number of hydrogen-bond donors (Lipinski definition) is 1. The zero-order valence-electron chi connectivity index (χ0n) is 17.5. The van der Waals surface area contributed by atoms with Crippen molar-refractivity contribution in [1.82, 2.24) is 10.2 Å². The normalized spacial score (nSPS) is 11.4. The van der Waals surface area contributed by atoms with E-state index < -0.39 is 10.0 Å². The minimum Gasteiger partial charge on any atom is -0.492 e. The van der Waals surface area contributed by atoms with Crippen molar-refractivity contribution in [3.63, 3.8) is 0 Å². The van der Waals surface area contributed by atoms with E-state index in [9.17, 15) is 8.42 Å². The van der Waals surface area contributed by atoms with Gasteiger partial charge >= 0.3 is 0 Å². The van der Waals surface area contributed by atoms with Gasteiger partial charge in [-0.1, -0.05) is 41.9 Å². The summed E-state index contributed by atoms with van der Waals surface area (Å²) in [6.07, 6.45) is 0. The molecule has 0 bridgehead atoms.